The average Bonchev–Trinajstić information content (AvgIpc) is 2.27. The van der Waals surface area contributed by atoms with Gasteiger partial charge in [-0.15, -0.1) is 0 Å². The Hall–Kier alpha value is -2.48. The van der Waals surface area contributed by atoms with Gasteiger partial charge in [0.05, 0.1) is 17.1 Å². The molecule has 0 unspecified atom stereocenters. The van der Waals surface area contributed by atoms with E-state index in [1.54, 1.807) is 18.2 Å². The van der Waals surface area contributed by atoms with E-state index in [0.29, 0.717) is 16.5 Å². The van der Waals surface area contributed by atoms with Crippen LogP contribution in [0, 0.1) is 11.3 Å². The molecule has 0 bridgehead atoms. The minimum Gasteiger partial charge on any atom is -0.475 e. The molecule has 1 aromatic heterocycles. The molecule has 5 nitrogen and oxygen atoms in total. The monoisotopic (exact) mass is 199 g/mol. The number of aromatic carboxylic acids is 1. The Bertz CT molecular complexity index is 587. The van der Waals surface area contributed by atoms with Gasteiger partial charge < -0.3 is 5.11 Å². The molecule has 2 rings (SSSR count). The van der Waals surface area contributed by atoms with Crippen LogP contribution in [0.2, 0.25) is 0 Å². The summed E-state index contributed by atoms with van der Waals surface area (Å²) in [6, 6.07) is 6.78. The number of nitrogens with zero attached hydrogens (tertiary/aromatic N) is 3. The van der Waals surface area contributed by atoms with Gasteiger partial charge in [-0.2, -0.15) is 5.26 Å². The second kappa shape index (κ2) is 3.35. The van der Waals surface area contributed by atoms with Gasteiger partial charge in [0.15, 0.2) is 0 Å². The Morgan fingerprint density at radius 1 is 1.47 bits per heavy atom. The van der Waals surface area contributed by atoms with E-state index < -0.39 is 5.97 Å². The van der Waals surface area contributed by atoms with Gasteiger partial charge in [0.25, 0.3) is 0 Å². The summed E-state index contributed by atoms with van der Waals surface area (Å²) in [6.45, 7) is 0. The predicted octanol–water partition coefficient (Wildman–Crippen LogP) is 1.20. The highest BCUT2D eigenvalue weighted by molar-refractivity contribution is 5.87. The van der Waals surface area contributed by atoms with Crippen molar-refractivity contribution < 1.29 is 9.90 Å². The number of carboxylic acids is 1. The van der Waals surface area contributed by atoms with Crippen molar-refractivity contribution in [2.24, 2.45) is 0 Å². The number of fused-ring (bicyclic) bond motifs is 1. The minimum atomic E-state index is -1.17. The Morgan fingerprint density at radius 2 is 2.27 bits per heavy atom. The first kappa shape index (κ1) is 9.09. The van der Waals surface area contributed by atoms with Crippen molar-refractivity contribution in [1.82, 2.24) is 9.97 Å². The molecular weight excluding hydrogens is 194 g/mol. The smallest absolute Gasteiger partial charge is 0.373 e. The van der Waals surface area contributed by atoms with Crippen LogP contribution in [-0.2, 0) is 0 Å². The van der Waals surface area contributed by atoms with Crippen molar-refractivity contribution in [3.8, 4) is 6.07 Å². The largest absolute Gasteiger partial charge is 0.475 e. The summed E-state index contributed by atoms with van der Waals surface area (Å²) in [4.78, 5) is 18.1. The van der Waals surface area contributed by atoms with Gasteiger partial charge in [0, 0.05) is 11.6 Å². The zero-order chi connectivity index (χ0) is 10.8. The van der Waals surface area contributed by atoms with Crippen LogP contribution in [0.1, 0.15) is 16.2 Å². The van der Waals surface area contributed by atoms with Crippen LogP contribution in [-0.4, -0.2) is 21.0 Å². The molecule has 15 heavy (non-hydrogen) atoms. The van der Waals surface area contributed by atoms with E-state index in [1.165, 1.54) is 6.20 Å². The number of hydrogen-bond donors (Lipinski definition) is 1. The van der Waals surface area contributed by atoms with Crippen molar-refractivity contribution in [2.75, 3.05) is 0 Å². The number of aromatic nitrogens is 2. The fourth-order valence-electron chi connectivity index (χ4n) is 1.21. The molecule has 0 atom stereocenters. The SMILES string of the molecule is N#Cc1ccc2nc(C(=O)O)ncc2c1. The molecular formula is C10H5N3O2. The number of rotatable bonds is 1. The number of carbonyl (C=O) groups is 1. The van der Waals surface area contributed by atoms with Crippen LogP contribution in [0.25, 0.3) is 10.9 Å². The first-order valence-corrected chi connectivity index (χ1v) is 4.11. The number of nitriles is 1. The van der Waals surface area contributed by atoms with Gasteiger partial charge in [0.2, 0.25) is 5.82 Å². The molecule has 1 aromatic carbocycles. The van der Waals surface area contributed by atoms with E-state index in [1.807, 2.05) is 6.07 Å². The Morgan fingerprint density at radius 3 is 2.93 bits per heavy atom. The van der Waals surface area contributed by atoms with Gasteiger partial charge in [-0.25, -0.2) is 14.8 Å². The van der Waals surface area contributed by atoms with E-state index in [0.717, 1.165) is 0 Å². The van der Waals surface area contributed by atoms with Crippen LogP contribution < -0.4 is 0 Å². The summed E-state index contributed by atoms with van der Waals surface area (Å²) in [5, 5.41) is 18.0. The fraction of sp³-hybridized carbons (Fsp3) is 0. The van der Waals surface area contributed by atoms with Crippen LogP contribution >= 0.6 is 0 Å². The second-order valence-electron chi connectivity index (χ2n) is 2.88. The van der Waals surface area contributed by atoms with Crippen LogP contribution in [0.15, 0.2) is 24.4 Å². The lowest BCUT2D eigenvalue weighted by Crippen LogP contribution is -2.03. The summed E-state index contributed by atoms with van der Waals surface area (Å²) in [6.07, 6.45) is 1.40. The molecule has 72 valence electrons. The third-order valence-electron chi connectivity index (χ3n) is 1.90. The molecule has 0 radical (unpaired) electrons. The lowest BCUT2D eigenvalue weighted by atomic mass is 10.2. The van der Waals surface area contributed by atoms with Crippen molar-refractivity contribution in [3.05, 3.63) is 35.8 Å². The molecule has 0 aliphatic rings. The van der Waals surface area contributed by atoms with E-state index in [4.69, 9.17) is 10.4 Å². The minimum absolute atomic E-state index is 0.243. The quantitative estimate of drug-likeness (QED) is 0.745. The molecule has 0 spiro atoms. The zero-order valence-electron chi connectivity index (χ0n) is 7.51. The molecule has 2 aromatic rings. The van der Waals surface area contributed by atoms with E-state index in [-0.39, 0.29) is 5.82 Å². The summed E-state index contributed by atoms with van der Waals surface area (Å²) in [5.41, 5.74) is 1.01. The number of hydrogen-bond acceptors (Lipinski definition) is 4. The number of benzene rings is 1. The highest BCUT2D eigenvalue weighted by Crippen LogP contribution is 2.12. The topological polar surface area (TPSA) is 86.9 Å². The third kappa shape index (κ3) is 1.60. The van der Waals surface area contributed by atoms with E-state index >= 15 is 0 Å². The van der Waals surface area contributed by atoms with Crippen LogP contribution in [0.4, 0.5) is 0 Å². The average molecular weight is 199 g/mol. The summed E-state index contributed by atoms with van der Waals surface area (Å²) in [5.74, 6) is -1.41. The van der Waals surface area contributed by atoms with Crippen molar-refractivity contribution in [3.63, 3.8) is 0 Å². The molecule has 0 amide bonds. The van der Waals surface area contributed by atoms with Gasteiger partial charge in [-0.05, 0) is 18.2 Å². The number of carboxylic acid groups (broad SMARTS) is 1. The molecule has 0 aliphatic carbocycles. The summed E-state index contributed by atoms with van der Waals surface area (Å²) >= 11 is 0. The summed E-state index contributed by atoms with van der Waals surface area (Å²) in [7, 11) is 0. The maximum absolute atomic E-state index is 10.6. The van der Waals surface area contributed by atoms with Gasteiger partial charge >= 0.3 is 5.97 Å². The Kier molecular flexibility index (Phi) is 2.03. The lowest BCUT2D eigenvalue weighted by Gasteiger charge is -1.98. The summed E-state index contributed by atoms with van der Waals surface area (Å²) < 4.78 is 0. The zero-order valence-corrected chi connectivity index (χ0v) is 7.51. The highest BCUT2D eigenvalue weighted by atomic mass is 16.4. The fourth-order valence-corrected chi connectivity index (χ4v) is 1.21. The maximum Gasteiger partial charge on any atom is 0.373 e. The maximum atomic E-state index is 10.6. The molecule has 0 saturated carbocycles. The molecule has 0 fully saturated rings. The van der Waals surface area contributed by atoms with Crippen LogP contribution in [0.3, 0.4) is 0 Å². The predicted molar refractivity (Wildman–Crippen MR) is 51.2 cm³/mol. The first-order chi connectivity index (χ1) is 7.20. The second-order valence-corrected chi connectivity index (χ2v) is 2.88. The molecule has 1 heterocycles. The standard InChI is InChI=1S/C10H5N3O2/c11-4-6-1-2-8-7(3-6)5-12-9(13-8)10(14)15/h1-3,5H,(H,14,15). The van der Waals surface area contributed by atoms with Crippen LogP contribution in [0.5, 0.6) is 0 Å². The molecule has 0 aliphatic heterocycles. The Labute approximate surface area is 84.6 Å². The van der Waals surface area contributed by atoms with E-state index in [9.17, 15) is 4.79 Å². The molecule has 5 heteroatoms. The van der Waals surface area contributed by atoms with Crippen molar-refractivity contribution >= 4 is 16.9 Å². The lowest BCUT2D eigenvalue weighted by molar-refractivity contribution is 0.0684. The van der Waals surface area contributed by atoms with Crippen molar-refractivity contribution in [1.29, 1.82) is 5.26 Å². The highest BCUT2D eigenvalue weighted by Gasteiger charge is 2.07. The Balaban J connectivity index is 2.66. The molecule has 1 N–H and O–H groups in total. The molecule has 0 saturated heterocycles. The van der Waals surface area contributed by atoms with Crippen molar-refractivity contribution in [2.45, 2.75) is 0 Å². The van der Waals surface area contributed by atoms with Gasteiger partial charge in [0.1, 0.15) is 0 Å². The van der Waals surface area contributed by atoms with E-state index in [2.05, 4.69) is 9.97 Å². The first-order valence-electron chi connectivity index (χ1n) is 4.11. The van der Waals surface area contributed by atoms with Gasteiger partial charge in [-0.1, -0.05) is 0 Å². The third-order valence-corrected chi connectivity index (χ3v) is 1.90. The van der Waals surface area contributed by atoms with Gasteiger partial charge in [-0.3, -0.25) is 0 Å². The normalized spacial score (nSPS) is 9.80.